The number of alkyl halides is 1. The summed E-state index contributed by atoms with van der Waals surface area (Å²) in [4.78, 5) is 3.60. The summed E-state index contributed by atoms with van der Waals surface area (Å²) in [5.41, 5.74) is 3.72. The van der Waals surface area contributed by atoms with Crippen LogP contribution in [0.3, 0.4) is 0 Å². The van der Waals surface area contributed by atoms with E-state index in [4.69, 9.17) is 5.73 Å². The summed E-state index contributed by atoms with van der Waals surface area (Å²) in [6, 6.07) is 9.65. The third kappa shape index (κ3) is 2.03. The molecule has 88 valence electrons. The lowest BCUT2D eigenvalue weighted by molar-refractivity contribution is 0.224. The third-order valence-electron chi connectivity index (χ3n) is 2.71. The van der Waals surface area contributed by atoms with Crippen molar-refractivity contribution in [1.82, 2.24) is 4.98 Å². The maximum atomic E-state index is 14.9. The maximum absolute atomic E-state index is 14.9. The Bertz CT molecular complexity index is 502. The summed E-state index contributed by atoms with van der Waals surface area (Å²) in [6.45, 7) is -0.321. The monoisotopic (exact) mass is 234 g/mol. The van der Waals surface area contributed by atoms with Gasteiger partial charge in [-0.15, -0.1) is 0 Å². The number of halogens is 2. The summed E-state index contributed by atoms with van der Waals surface area (Å²) < 4.78 is 28.5. The quantitative estimate of drug-likeness (QED) is 0.885. The standard InChI is InChI=1S/C13H12F2N2/c14-12-8-17-7-6-11(12)13(15,9-16)10-4-2-1-3-5-10/h1-8H,9,16H2. The molecule has 0 aliphatic heterocycles. The molecular weight excluding hydrogens is 222 g/mol. The third-order valence-corrected chi connectivity index (χ3v) is 2.71. The number of nitrogens with two attached hydrogens (primary N) is 1. The lowest BCUT2D eigenvalue weighted by Gasteiger charge is -2.24. The molecule has 2 nitrogen and oxygen atoms in total. The number of aromatic nitrogens is 1. The van der Waals surface area contributed by atoms with Gasteiger partial charge in [0, 0.05) is 18.3 Å². The Kier molecular flexibility index (Phi) is 3.15. The van der Waals surface area contributed by atoms with Gasteiger partial charge in [0.15, 0.2) is 5.67 Å². The molecule has 17 heavy (non-hydrogen) atoms. The fourth-order valence-electron chi connectivity index (χ4n) is 1.78. The number of hydrogen-bond donors (Lipinski definition) is 1. The molecule has 1 aromatic heterocycles. The van der Waals surface area contributed by atoms with Gasteiger partial charge < -0.3 is 5.73 Å². The van der Waals surface area contributed by atoms with E-state index in [0.29, 0.717) is 5.56 Å². The molecule has 0 aliphatic carbocycles. The van der Waals surface area contributed by atoms with Gasteiger partial charge in [-0.3, -0.25) is 4.98 Å². The Labute approximate surface area is 98.1 Å². The fraction of sp³-hybridized carbons (Fsp3) is 0.154. The van der Waals surface area contributed by atoms with Crippen LogP contribution in [0.1, 0.15) is 11.1 Å². The molecule has 0 aliphatic rings. The summed E-state index contributed by atoms with van der Waals surface area (Å²) >= 11 is 0. The van der Waals surface area contributed by atoms with Crippen molar-refractivity contribution in [1.29, 1.82) is 0 Å². The van der Waals surface area contributed by atoms with Gasteiger partial charge in [0.2, 0.25) is 0 Å². The molecule has 1 heterocycles. The molecule has 2 rings (SSSR count). The van der Waals surface area contributed by atoms with Crippen molar-refractivity contribution in [2.75, 3.05) is 6.54 Å². The van der Waals surface area contributed by atoms with E-state index in [-0.39, 0.29) is 12.1 Å². The summed E-state index contributed by atoms with van der Waals surface area (Å²) in [5.74, 6) is -0.690. The second-order valence-corrected chi connectivity index (χ2v) is 3.73. The molecule has 0 bridgehead atoms. The van der Waals surface area contributed by atoms with Gasteiger partial charge in [-0.2, -0.15) is 0 Å². The molecule has 2 N–H and O–H groups in total. The molecule has 2 aromatic rings. The molecule has 4 heteroatoms. The van der Waals surface area contributed by atoms with Crippen molar-refractivity contribution in [3.8, 4) is 0 Å². The summed E-state index contributed by atoms with van der Waals surface area (Å²) in [5, 5.41) is 0. The van der Waals surface area contributed by atoms with Crippen LogP contribution >= 0.6 is 0 Å². The highest BCUT2D eigenvalue weighted by Gasteiger charge is 2.35. The van der Waals surface area contributed by atoms with Gasteiger partial charge >= 0.3 is 0 Å². The van der Waals surface area contributed by atoms with Crippen molar-refractivity contribution in [2.45, 2.75) is 5.67 Å². The van der Waals surface area contributed by atoms with Crippen LogP contribution in [0.2, 0.25) is 0 Å². The first kappa shape index (κ1) is 11.7. The molecule has 0 amide bonds. The van der Waals surface area contributed by atoms with Gasteiger partial charge in [0.1, 0.15) is 5.82 Å². The van der Waals surface area contributed by atoms with Crippen molar-refractivity contribution < 1.29 is 8.78 Å². The highest BCUT2D eigenvalue weighted by molar-refractivity contribution is 5.36. The van der Waals surface area contributed by atoms with Gasteiger partial charge in [0.25, 0.3) is 0 Å². The van der Waals surface area contributed by atoms with E-state index >= 15 is 0 Å². The van der Waals surface area contributed by atoms with E-state index < -0.39 is 11.5 Å². The fourth-order valence-corrected chi connectivity index (χ4v) is 1.78. The zero-order valence-electron chi connectivity index (χ0n) is 9.11. The SMILES string of the molecule is NCC(F)(c1ccccc1)c1ccncc1F. The van der Waals surface area contributed by atoms with Gasteiger partial charge in [0.05, 0.1) is 6.20 Å². The van der Waals surface area contributed by atoms with E-state index in [0.717, 1.165) is 6.20 Å². The Balaban J connectivity index is 2.56. The molecule has 0 spiro atoms. The minimum absolute atomic E-state index is 0.0822. The molecule has 1 atom stereocenters. The number of benzene rings is 1. The van der Waals surface area contributed by atoms with Crippen LogP contribution in [0.4, 0.5) is 8.78 Å². The Morgan fingerprint density at radius 2 is 1.88 bits per heavy atom. The van der Waals surface area contributed by atoms with E-state index in [2.05, 4.69) is 4.98 Å². The number of nitrogens with zero attached hydrogens (tertiary/aromatic N) is 1. The van der Waals surface area contributed by atoms with E-state index in [1.807, 2.05) is 0 Å². The van der Waals surface area contributed by atoms with Gasteiger partial charge in [-0.25, -0.2) is 8.78 Å². The lowest BCUT2D eigenvalue weighted by atomic mass is 9.88. The van der Waals surface area contributed by atoms with Crippen LogP contribution in [0, 0.1) is 5.82 Å². The van der Waals surface area contributed by atoms with Gasteiger partial charge in [-0.05, 0) is 11.6 Å². The predicted molar refractivity (Wildman–Crippen MR) is 61.6 cm³/mol. The Morgan fingerprint density at radius 3 is 2.47 bits per heavy atom. The number of pyridine rings is 1. The van der Waals surface area contributed by atoms with Crippen LogP contribution in [0.15, 0.2) is 48.8 Å². The summed E-state index contributed by atoms with van der Waals surface area (Å²) in [6.07, 6.45) is 2.34. The smallest absolute Gasteiger partial charge is 0.176 e. The highest BCUT2D eigenvalue weighted by Crippen LogP contribution is 2.33. The number of hydrogen-bond acceptors (Lipinski definition) is 2. The van der Waals surface area contributed by atoms with Gasteiger partial charge in [-0.1, -0.05) is 30.3 Å². The van der Waals surface area contributed by atoms with Crippen molar-refractivity contribution in [2.24, 2.45) is 5.73 Å². The molecule has 1 aromatic carbocycles. The molecule has 0 radical (unpaired) electrons. The zero-order valence-corrected chi connectivity index (χ0v) is 9.11. The van der Waals surface area contributed by atoms with Crippen LogP contribution in [0.5, 0.6) is 0 Å². The minimum atomic E-state index is -2.02. The molecule has 0 fully saturated rings. The first-order valence-corrected chi connectivity index (χ1v) is 5.23. The largest absolute Gasteiger partial charge is 0.327 e. The van der Waals surface area contributed by atoms with Crippen LogP contribution in [-0.4, -0.2) is 11.5 Å². The van der Waals surface area contributed by atoms with Crippen LogP contribution < -0.4 is 5.73 Å². The molecular formula is C13H12F2N2. The van der Waals surface area contributed by atoms with E-state index in [1.165, 1.54) is 12.3 Å². The van der Waals surface area contributed by atoms with Crippen molar-refractivity contribution >= 4 is 0 Å². The Hall–Kier alpha value is -1.81. The zero-order chi connectivity index (χ0) is 12.3. The molecule has 1 unspecified atom stereocenters. The first-order chi connectivity index (χ1) is 8.18. The highest BCUT2D eigenvalue weighted by atomic mass is 19.1. The van der Waals surface area contributed by atoms with Crippen LogP contribution in [-0.2, 0) is 5.67 Å². The number of rotatable bonds is 3. The Morgan fingerprint density at radius 1 is 1.18 bits per heavy atom. The van der Waals surface area contributed by atoms with E-state index in [1.54, 1.807) is 30.3 Å². The molecule has 0 saturated heterocycles. The second-order valence-electron chi connectivity index (χ2n) is 3.73. The van der Waals surface area contributed by atoms with Crippen molar-refractivity contribution in [3.05, 3.63) is 65.7 Å². The minimum Gasteiger partial charge on any atom is -0.327 e. The van der Waals surface area contributed by atoms with Crippen molar-refractivity contribution in [3.63, 3.8) is 0 Å². The van der Waals surface area contributed by atoms with E-state index in [9.17, 15) is 8.78 Å². The summed E-state index contributed by atoms with van der Waals surface area (Å²) in [7, 11) is 0. The second kappa shape index (κ2) is 4.59. The normalized spacial score (nSPS) is 14.3. The average Bonchev–Trinajstić information content (AvgIpc) is 2.39. The maximum Gasteiger partial charge on any atom is 0.176 e. The van der Waals surface area contributed by atoms with Crippen LogP contribution in [0.25, 0.3) is 0 Å². The lowest BCUT2D eigenvalue weighted by Crippen LogP contribution is -2.32. The predicted octanol–water partition coefficient (Wildman–Crippen LogP) is 2.39. The topological polar surface area (TPSA) is 38.9 Å². The first-order valence-electron chi connectivity index (χ1n) is 5.23. The molecule has 0 saturated carbocycles. The average molecular weight is 234 g/mol.